The van der Waals surface area contributed by atoms with Crippen LogP contribution in [0.4, 0.5) is 0 Å². The molecule has 0 bridgehead atoms. The lowest BCUT2D eigenvalue weighted by molar-refractivity contribution is -0.140. The van der Waals surface area contributed by atoms with Crippen LogP contribution in [-0.2, 0) is 22.6 Å². The van der Waals surface area contributed by atoms with Gasteiger partial charge in [-0.15, -0.1) is 0 Å². The zero-order valence-electron chi connectivity index (χ0n) is 17.4. The number of hydrogen-bond acceptors (Lipinski definition) is 2. The molecule has 0 unspecified atom stereocenters. The van der Waals surface area contributed by atoms with Gasteiger partial charge in [-0.2, -0.15) is 0 Å². The Balaban J connectivity index is 2.32. The van der Waals surface area contributed by atoms with Crippen molar-refractivity contribution in [1.82, 2.24) is 10.2 Å². The molecule has 0 radical (unpaired) electrons. The number of nitrogens with one attached hydrogen (secondary N) is 1. The predicted molar refractivity (Wildman–Crippen MR) is 119 cm³/mol. The van der Waals surface area contributed by atoms with Gasteiger partial charge in [-0.05, 0) is 61.6 Å². The van der Waals surface area contributed by atoms with Crippen molar-refractivity contribution in [3.8, 4) is 0 Å². The first kappa shape index (κ1) is 23.2. The van der Waals surface area contributed by atoms with Crippen molar-refractivity contribution in [2.24, 2.45) is 0 Å². The minimum Gasteiger partial charge on any atom is -0.355 e. The van der Waals surface area contributed by atoms with Gasteiger partial charge in [0.15, 0.2) is 0 Å². The Morgan fingerprint density at radius 1 is 0.966 bits per heavy atom. The van der Waals surface area contributed by atoms with Gasteiger partial charge in [0.1, 0.15) is 6.04 Å². The number of hydrogen-bond donors (Lipinski definition) is 1. The summed E-state index contributed by atoms with van der Waals surface area (Å²) >= 11 is 12.2. The van der Waals surface area contributed by atoms with Crippen LogP contribution in [0.15, 0.2) is 36.4 Å². The quantitative estimate of drug-likeness (QED) is 0.628. The summed E-state index contributed by atoms with van der Waals surface area (Å²) in [6.07, 6.45) is 0.754. The molecule has 0 spiro atoms. The van der Waals surface area contributed by atoms with E-state index >= 15 is 0 Å². The smallest absolute Gasteiger partial charge is 0.242 e. The number of halogens is 2. The minimum absolute atomic E-state index is 0.0996. The second kappa shape index (κ2) is 10.7. The van der Waals surface area contributed by atoms with Crippen molar-refractivity contribution in [3.05, 3.63) is 68.7 Å². The number of benzene rings is 2. The molecule has 29 heavy (non-hydrogen) atoms. The number of likely N-dealkylation sites (N-methyl/N-ethyl adjacent to an activating group) is 1. The van der Waals surface area contributed by atoms with Crippen molar-refractivity contribution in [2.45, 2.75) is 53.1 Å². The average molecular weight is 435 g/mol. The van der Waals surface area contributed by atoms with Gasteiger partial charge in [0.2, 0.25) is 11.8 Å². The minimum atomic E-state index is -0.552. The van der Waals surface area contributed by atoms with E-state index in [1.54, 1.807) is 17.0 Å². The van der Waals surface area contributed by atoms with E-state index < -0.39 is 6.04 Å². The maximum atomic E-state index is 13.3. The first-order chi connectivity index (χ1) is 13.8. The van der Waals surface area contributed by atoms with Crippen LogP contribution in [0, 0.1) is 13.8 Å². The first-order valence-corrected chi connectivity index (χ1v) is 10.6. The van der Waals surface area contributed by atoms with E-state index in [0.29, 0.717) is 23.0 Å². The van der Waals surface area contributed by atoms with Crippen LogP contribution >= 0.6 is 23.2 Å². The number of aryl methyl sites for hydroxylation is 2. The molecule has 0 saturated heterocycles. The van der Waals surface area contributed by atoms with E-state index in [0.717, 1.165) is 16.7 Å². The molecular weight excluding hydrogens is 407 g/mol. The molecular formula is C23H28Cl2N2O2. The molecule has 0 heterocycles. The van der Waals surface area contributed by atoms with E-state index in [1.807, 2.05) is 52.0 Å². The molecule has 2 amide bonds. The maximum Gasteiger partial charge on any atom is 0.242 e. The largest absolute Gasteiger partial charge is 0.355 e. The predicted octanol–water partition coefficient (Wildman–Crippen LogP) is 5.10. The SMILES string of the molecule is CCNC(=O)[C@@H](CC)N(Cc1ccc(Cl)c(Cl)c1)C(=O)Cc1ccc(C)c(C)c1. The zero-order valence-corrected chi connectivity index (χ0v) is 18.9. The first-order valence-electron chi connectivity index (χ1n) is 9.84. The summed E-state index contributed by atoms with van der Waals surface area (Å²) in [6, 6.07) is 10.7. The molecule has 0 aliphatic rings. The lowest BCUT2D eigenvalue weighted by Crippen LogP contribution is -2.49. The van der Waals surface area contributed by atoms with Crippen LogP contribution in [0.5, 0.6) is 0 Å². The Bertz CT molecular complexity index is 883. The van der Waals surface area contributed by atoms with E-state index in [9.17, 15) is 9.59 Å². The molecule has 0 aliphatic heterocycles. The number of rotatable bonds is 8. The van der Waals surface area contributed by atoms with E-state index in [4.69, 9.17) is 23.2 Å². The van der Waals surface area contributed by atoms with Crippen molar-refractivity contribution in [1.29, 1.82) is 0 Å². The van der Waals surface area contributed by atoms with Crippen molar-refractivity contribution < 1.29 is 9.59 Å². The van der Waals surface area contributed by atoms with Gasteiger partial charge in [-0.1, -0.05) is 54.4 Å². The lowest BCUT2D eigenvalue weighted by Gasteiger charge is -2.31. The van der Waals surface area contributed by atoms with Crippen LogP contribution in [0.2, 0.25) is 10.0 Å². The van der Waals surface area contributed by atoms with Crippen molar-refractivity contribution in [2.75, 3.05) is 6.54 Å². The van der Waals surface area contributed by atoms with Gasteiger partial charge in [0, 0.05) is 13.1 Å². The fraction of sp³-hybridized carbons (Fsp3) is 0.391. The third kappa shape index (κ3) is 6.22. The summed E-state index contributed by atoms with van der Waals surface area (Å²) in [6.45, 7) is 8.65. The fourth-order valence-corrected chi connectivity index (χ4v) is 3.56. The van der Waals surface area contributed by atoms with E-state index in [1.165, 1.54) is 5.56 Å². The van der Waals surface area contributed by atoms with Gasteiger partial charge in [0.25, 0.3) is 0 Å². The Hall–Kier alpha value is -2.04. The number of amides is 2. The summed E-state index contributed by atoms with van der Waals surface area (Å²) in [5, 5.41) is 3.72. The molecule has 6 heteroatoms. The van der Waals surface area contributed by atoms with Crippen LogP contribution < -0.4 is 5.32 Å². The molecule has 4 nitrogen and oxygen atoms in total. The van der Waals surface area contributed by atoms with Gasteiger partial charge < -0.3 is 10.2 Å². The standard InChI is InChI=1S/C23H28Cl2N2O2/c1-5-21(23(29)26-6-2)27(14-18-9-10-19(24)20(25)12-18)22(28)13-17-8-7-15(3)16(4)11-17/h7-12,21H,5-6,13-14H2,1-4H3,(H,26,29)/t21-/m1/s1. The zero-order chi connectivity index (χ0) is 21.6. The molecule has 1 N–H and O–H groups in total. The van der Waals surface area contributed by atoms with Gasteiger partial charge in [-0.25, -0.2) is 0 Å². The highest BCUT2D eigenvalue weighted by molar-refractivity contribution is 6.42. The van der Waals surface area contributed by atoms with Crippen LogP contribution in [0.25, 0.3) is 0 Å². The van der Waals surface area contributed by atoms with Crippen LogP contribution in [0.1, 0.15) is 42.5 Å². The van der Waals surface area contributed by atoms with Gasteiger partial charge >= 0.3 is 0 Å². The highest BCUT2D eigenvalue weighted by atomic mass is 35.5. The molecule has 0 aromatic heterocycles. The average Bonchev–Trinajstić information content (AvgIpc) is 2.67. The molecule has 0 saturated carbocycles. The van der Waals surface area contributed by atoms with E-state index in [2.05, 4.69) is 5.32 Å². The summed E-state index contributed by atoms with van der Waals surface area (Å²) in [7, 11) is 0. The number of nitrogens with zero attached hydrogens (tertiary/aromatic N) is 1. The van der Waals surface area contributed by atoms with E-state index in [-0.39, 0.29) is 24.8 Å². The van der Waals surface area contributed by atoms with Crippen molar-refractivity contribution in [3.63, 3.8) is 0 Å². The monoisotopic (exact) mass is 434 g/mol. The third-order valence-corrected chi connectivity index (χ3v) is 5.74. The second-order valence-corrected chi connectivity index (χ2v) is 8.00. The van der Waals surface area contributed by atoms with Gasteiger partial charge in [0.05, 0.1) is 16.5 Å². The highest BCUT2D eigenvalue weighted by Gasteiger charge is 2.28. The Morgan fingerprint density at radius 2 is 1.66 bits per heavy atom. The molecule has 2 aromatic rings. The lowest BCUT2D eigenvalue weighted by atomic mass is 10.0. The molecule has 2 aromatic carbocycles. The van der Waals surface area contributed by atoms with Crippen LogP contribution in [0.3, 0.4) is 0 Å². The summed E-state index contributed by atoms with van der Waals surface area (Å²) in [5.41, 5.74) is 4.09. The third-order valence-electron chi connectivity index (χ3n) is 5.00. The number of carbonyl (C=O) groups is 2. The summed E-state index contributed by atoms with van der Waals surface area (Å²) in [5.74, 6) is -0.249. The Labute approximate surface area is 183 Å². The summed E-state index contributed by atoms with van der Waals surface area (Å²) < 4.78 is 0. The molecule has 2 rings (SSSR count). The molecule has 0 aliphatic carbocycles. The second-order valence-electron chi connectivity index (χ2n) is 7.18. The Morgan fingerprint density at radius 3 is 2.24 bits per heavy atom. The maximum absolute atomic E-state index is 13.3. The Kier molecular flexibility index (Phi) is 8.54. The number of carbonyl (C=O) groups excluding carboxylic acids is 2. The summed E-state index contributed by atoms with van der Waals surface area (Å²) in [4.78, 5) is 27.5. The molecule has 156 valence electrons. The van der Waals surface area contributed by atoms with Crippen LogP contribution in [-0.4, -0.2) is 29.3 Å². The van der Waals surface area contributed by atoms with Crippen molar-refractivity contribution >= 4 is 35.0 Å². The van der Waals surface area contributed by atoms with Gasteiger partial charge in [-0.3, -0.25) is 9.59 Å². The fourth-order valence-electron chi connectivity index (χ4n) is 3.24. The molecule has 0 fully saturated rings. The molecule has 1 atom stereocenters. The topological polar surface area (TPSA) is 49.4 Å². The highest BCUT2D eigenvalue weighted by Crippen LogP contribution is 2.24. The normalized spacial score (nSPS) is 11.8.